The highest BCUT2D eigenvalue weighted by atomic mass is 15.1. The molecule has 264 valence electrons. The van der Waals surface area contributed by atoms with Crippen LogP contribution in [0, 0.1) is 0 Å². The highest BCUT2D eigenvalue weighted by Gasteiger charge is 2.18. The maximum atomic E-state index is 2.57. The third-order valence-corrected chi connectivity index (χ3v) is 10.3. The lowest BCUT2D eigenvalue weighted by Gasteiger charge is -2.07. The van der Waals surface area contributed by atoms with E-state index < -0.39 is 0 Å². The van der Waals surface area contributed by atoms with Gasteiger partial charge in [0.15, 0.2) is 0 Å². The van der Waals surface area contributed by atoms with E-state index in [1.807, 2.05) is 0 Å². The number of benzene rings is 1. The Morgan fingerprint density at radius 3 is 1.15 bits per heavy atom. The zero-order valence-electron chi connectivity index (χ0n) is 31.3. The van der Waals surface area contributed by atoms with Gasteiger partial charge < -0.3 is 0 Å². The highest BCUT2D eigenvalue weighted by molar-refractivity contribution is 5.31. The molecule has 0 bridgehead atoms. The van der Waals surface area contributed by atoms with E-state index in [0.29, 0.717) is 0 Å². The Morgan fingerprint density at radius 1 is 0.413 bits per heavy atom. The summed E-state index contributed by atoms with van der Waals surface area (Å²) in [6, 6.07) is 11.0. The van der Waals surface area contributed by atoms with Crippen LogP contribution in [0.3, 0.4) is 0 Å². The Morgan fingerprint density at radius 2 is 0.761 bits per heavy atom. The number of nitrogens with zero attached hydrogens (tertiary/aromatic N) is 2. The molecule has 0 radical (unpaired) electrons. The molecule has 1 heterocycles. The SMILES string of the molecule is CCCCCCCCCCCCCCCCCCC[n+]1ccn(-c2ccccc2)c1CCCCCCCCCCCCCCCC. The van der Waals surface area contributed by atoms with Crippen LogP contribution >= 0.6 is 0 Å². The lowest BCUT2D eigenvalue weighted by Crippen LogP contribution is -2.37. The number of aromatic nitrogens is 2. The minimum absolute atomic E-state index is 1.17. The number of imidazole rings is 1. The molecule has 0 amide bonds. The molecule has 0 unspecified atom stereocenters. The first-order chi connectivity index (χ1) is 22.9. The lowest BCUT2D eigenvalue weighted by atomic mass is 10.0. The van der Waals surface area contributed by atoms with Crippen molar-refractivity contribution in [3.8, 4) is 5.69 Å². The van der Waals surface area contributed by atoms with Crippen molar-refractivity contribution in [1.29, 1.82) is 0 Å². The van der Waals surface area contributed by atoms with Crippen LogP contribution in [0.1, 0.15) is 219 Å². The van der Waals surface area contributed by atoms with E-state index in [1.165, 1.54) is 224 Å². The van der Waals surface area contributed by atoms with E-state index in [1.54, 1.807) is 0 Å². The molecule has 1 aromatic carbocycles. The summed E-state index contributed by atoms with van der Waals surface area (Å²) in [4.78, 5) is 0. The summed E-state index contributed by atoms with van der Waals surface area (Å²) in [5, 5.41) is 0. The molecule has 2 aromatic rings. The van der Waals surface area contributed by atoms with E-state index in [-0.39, 0.29) is 0 Å². The molecule has 0 saturated carbocycles. The largest absolute Gasteiger partial charge is 0.261 e. The molecule has 0 N–H and O–H groups in total. The van der Waals surface area contributed by atoms with Crippen molar-refractivity contribution >= 4 is 0 Å². The van der Waals surface area contributed by atoms with Crippen molar-refractivity contribution < 1.29 is 4.57 Å². The average Bonchev–Trinajstić information content (AvgIpc) is 3.49. The summed E-state index contributed by atoms with van der Waals surface area (Å²) < 4.78 is 5.02. The number of para-hydroxylation sites is 1. The summed E-state index contributed by atoms with van der Waals surface area (Å²) in [7, 11) is 0. The fourth-order valence-electron chi connectivity index (χ4n) is 7.23. The van der Waals surface area contributed by atoms with Crippen LogP contribution in [-0.2, 0) is 13.0 Å². The average molecular weight is 636 g/mol. The van der Waals surface area contributed by atoms with Crippen molar-refractivity contribution in [2.45, 2.75) is 226 Å². The van der Waals surface area contributed by atoms with Gasteiger partial charge in [0, 0.05) is 6.42 Å². The molecule has 0 aliphatic rings. The normalized spacial score (nSPS) is 11.5. The molecule has 1 aromatic heterocycles. The van der Waals surface area contributed by atoms with Crippen LogP contribution in [0.15, 0.2) is 42.7 Å². The topological polar surface area (TPSA) is 8.81 Å². The highest BCUT2D eigenvalue weighted by Crippen LogP contribution is 2.17. The monoisotopic (exact) mass is 636 g/mol. The molecule has 0 fully saturated rings. The number of unbranched alkanes of at least 4 members (excludes halogenated alkanes) is 29. The van der Waals surface area contributed by atoms with Crippen molar-refractivity contribution in [2.75, 3.05) is 0 Å². The molecule has 2 nitrogen and oxygen atoms in total. The smallest absolute Gasteiger partial charge is 0.234 e. The first kappa shape index (κ1) is 40.6. The maximum absolute atomic E-state index is 2.57. The van der Waals surface area contributed by atoms with Gasteiger partial charge in [-0.05, 0) is 31.4 Å². The molecule has 46 heavy (non-hydrogen) atoms. The Balaban J connectivity index is 1.52. The van der Waals surface area contributed by atoms with Crippen molar-refractivity contribution in [2.24, 2.45) is 0 Å². The van der Waals surface area contributed by atoms with Crippen LogP contribution in [0.25, 0.3) is 5.69 Å². The molecule has 2 rings (SSSR count). The summed E-state index contributed by atoms with van der Waals surface area (Å²) >= 11 is 0. The third-order valence-electron chi connectivity index (χ3n) is 10.3. The zero-order valence-corrected chi connectivity index (χ0v) is 31.3. The molecule has 0 aliphatic heterocycles. The maximum Gasteiger partial charge on any atom is 0.261 e. The van der Waals surface area contributed by atoms with Gasteiger partial charge in [-0.1, -0.05) is 212 Å². The van der Waals surface area contributed by atoms with Crippen LogP contribution in [0.5, 0.6) is 0 Å². The van der Waals surface area contributed by atoms with E-state index in [2.05, 4.69) is 65.7 Å². The van der Waals surface area contributed by atoms with Crippen molar-refractivity contribution in [3.05, 3.63) is 48.5 Å². The Bertz CT molecular complexity index is 885. The van der Waals surface area contributed by atoms with Crippen LogP contribution in [-0.4, -0.2) is 4.57 Å². The van der Waals surface area contributed by atoms with Gasteiger partial charge in [0.05, 0.1) is 6.54 Å². The molecular weight excluding hydrogens is 556 g/mol. The van der Waals surface area contributed by atoms with Gasteiger partial charge in [0.1, 0.15) is 18.1 Å². The Kier molecular flexibility index (Phi) is 27.1. The number of hydrogen-bond donors (Lipinski definition) is 0. The fraction of sp³-hybridized carbons (Fsp3) is 0.795. The predicted molar refractivity (Wildman–Crippen MR) is 204 cm³/mol. The molecule has 0 spiro atoms. The van der Waals surface area contributed by atoms with Gasteiger partial charge in [-0.3, -0.25) is 0 Å². The number of hydrogen-bond acceptors (Lipinski definition) is 0. The molecular formula is C44H79N2+. The summed E-state index contributed by atoms with van der Waals surface area (Å²) in [5.74, 6) is 1.50. The van der Waals surface area contributed by atoms with Crippen molar-refractivity contribution in [3.63, 3.8) is 0 Å². The van der Waals surface area contributed by atoms with Gasteiger partial charge in [0.2, 0.25) is 0 Å². The first-order valence-electron chi connectivity index (χ1n) is 21.0. The quantitative estimate of drug-likeness (QED) is 0.0534. The second-order valence-electron chi connectivity index (χ2n) is 14.6. The molecule has 0 saturated heterocycles. The van der Waals surface area contributed by atoms with E-state index in [0.717, 1.165) is 0 Å². The number of aryl methyl sites for hydroxylation is 1. The first-order valence-corrected chi connectivity index (χ1v) is 21.0. The molecule has 0 atom stereocenters. The lowest BCUT2D eigenvalue weighted by molar-refractivity contribution is -0.704. The molecule has 0 aliphatic carbocycles. The predicted octanol–water partition coefficient (Wildman–Crippen LogP) is 14.4. The van der Waals surface area contributed by atoms with Crippen LogP contribution < -0.4 is 4.57 Å². The van der Waals surface area contributed by atoms with Gasteiger partial charge in [-0.15, -0.1) is 0 Å². The number of rotatable bonds is 34. The van der Waals surface area contributed by atoms with E-state index >= 15 is 0 Å². The van der Waals surface area contributed by atoms with Crippen molar-refractivity contribution in [1.82, 2.24) is 4.57 Å². The second-order valence-corrected chi connectivity index (χ2v) is 14.6. The fourth-order valence-corrected chi connectivity index (χ4v) is 7.23. The standard InChI is InChI=1S/C44H79N2/c1-3-5-7-9-11-13-15-17-19-20-21-23-25-27-29-31-36-40-45-41-42-46(43-37-33-32-34-38-43)44(45)39-35-30-28-26-24-22-18-16-14-12-10-8-6-4-2/h32-34,37-38,41-42H,3-31,35-36,39-40H2,1-2H3/q+1. The van der Waals surface area contributed by atoms with E-state index in [9.17, 15) is 0 Å². The van der Waals surface area contributed by atoms with Gasteiger partial charge in [0.25, 0.3) is 5.82 Å². The minimum atomic E-state index is 1.17. The van der Waals surface area contributed by atoms with Gasteiger partial charge in [-0.2, -0.15) is 4.57 Å². The van der Waals surface area contributed by atoms with E-state index in [4.69, 9.17) is 0 Å². The Labute approximate surface area is 288 Å². The summed E-state index contributed by atoms with van der Waals surface area (Å²) in [6.07, 6.45) is 50.2. The summed E-state index contributed by atoms with van der Waals surface area (Å²) in [5.41, 5.74) is 1.31. The third kappa shape index (κ3) is 21.3. The second kappa shape index (κ2) is 30.7. The van der Waals surface area contributed by atoms with Gasteiger partial charge in [-0.25, -0.2) is 4.57 Å². The Hall–Kier alpha value is -1.57. The molecule has 2 heteroatoms. The minimum Gasteiger partial charge on any atom is -0.234 e. The zero-order chi connectivity index (χ0) is 32.6. The van der Waals surface area contributed by atoms with Crippen LogP contribution in [0.2, 0.25) is 0 Å². The summed E-state index contributed by atoms with van der Waals surface area (Å²) in [6.45, 7) is 5.79. The van der Waals surface area contributed by atoms with Crippen LogP contribution in [0.4, 0.5) is 0 Å². The van der Waals surface area contributed by atoms with Gasteiger partial charge >= 0.3 is 0 Å².